The van der Waals surface area contributed by atoms with Gasteiger partial charge in [0.05, 0.1) is 12.0 Å². The van der Waals surface area contributed by atoms with E-state index in [9.17, 15) is 9.90 Å². The van der Waals surface area contributed by atoms with E-state index in [1.54, 1.807) is 0 Å². The highest BCUT2D eigenvalue weighted by molar-refractivity contribution is 5.85. The van der Waals surface area contributed by atoms with Crippen molar-refractivity contribution in [2.24, 2.45) is 23.6 Å². The first-order valence-corrected chi connectivity index (χ1v) is 9.66. The van der Waals surface area contributed by atoms with Crippen LogP contribution in [0.3, 0.4) is 0 Å². The molecule has 3 heterocycles. The van der Waals surface area contributed by atoms with E-state index in [2.05, 4.69) is 39.6 Å². The van der Waals surface area contributed by atoms with Crippen LogP contribution in [-0.2, 0) is 17.8 Å². The molecule has 1 aromatic carbocycles. The van der Waals surface area contributed by atoms with Crippen molar-refractivity contribution in [3.8, 4) is 0 Å². The number of hydrogen-bond donors (Lipinski definition) is 4. The Morgan fingerprint density at radius 2 is 2.15 bits per heavy atom. The zero-order chi connectivity index (χ0) is 17.8. The quantitative estimate of drug-likeness (QED) is 0.353. The molecule has 0 spiro atoms. The molecule has 2 fully saturated rings. The molecule has 6 heteroatoms. The molecule has 6 nitrogen and oxygen atoms in total. The average molecular weight is 354 g/mol. The molecular weight excluding hydrogens is 328 g/mol. The molecule has 1 aromatic heterocycles. The number of nitrogens with zero attached hydrogens (tertiary/aromatic N) is 1. The summed E-state index contributed by atoms with van der Waals surface area (Å²) in [5.74, 6) is 5.50. The number of rotatable bonds is 1. The summed E-state index contributed by atoms with van der Waals surface area (Å²) in [4.78, 5) is 18.5. The van der Waals surface area contributed by atoms with Gasteiger partial charge in [-0.1, -0.05) is 18.2 Å². The maximum atomic E-state index is 12.3. The van der Waals surface area contributed by atoms with Gasteiger partial charge in [-0.25, -0.2) is 5.84 Å². The highest BCUT2D eigenvalue weighted by Gasteiger charge is 2.48. The molecule has 0 bridgehead atoms. The summed E-state index contributed by atoms with van der Waals surface area (Å²) in [5.41, 5.74) is 6.27. The number of hydrazine groups is 1. The summed E-state index contributed by atoms with van der Waals surface area (Å²) in [6.45, 7) is 1.99. The van der Waals surface area contributed by atoms with Crippen LogP contribution in [0.1, 0.15) is 30.5 Å². The van der Waals surface area contributed by atoms with Crippen LogP contribution in [0.4, 0.5) is 0 Å². The van der Waals surface area contributed by atoms with Crippen LogP contribution in [0.15, 0.2) is 24.3 Å². The van der Waals surface area contributed by atoms with Crippen molar-refractivity contribution in [3.63, 3.8) is 0 Å². The molecule has 26 heavy (non-hydrogen) atoms. The van der Waals surface area contributed by atoms with Crippen molar-refractivity contribution in [3.05, 3.63) is 35.5 Å². The number of amides is 1. The minimum absolute atomic E-state index is 0.206. The third-order valence-electron chi connectivity index (χ3n) is 6.99. The Hall–Kier alpha value is -1.89. The summed E-state index contributed by atoms with van der Waals surface area (Å²) >= 11 is 0. The third-order valence-corrected chi connectivity index (χ3v) is 6.99. The number of aliphatic hydroxyl groups is 1. The zero-order valence-electron chi connectivity index (χ0n) is 14.8. The van der Waals surface area contributed by atoms with E-state index in [1.807, 2.05) is 0 Å². The number of para-hydroxylation sites is 1. The highest BCUT2D eigenvalue weighted by Crippen LogP contribution is 2.45. The first kappa shape index (κ1) is 16.3. The summed E-state index contributed by atoms with van der Waals surface area (Å²) in [5, 5.41) is 11.8. The minimum Gasteiger partial charge on any atom is -0.392 e. The molecule has 1 aliphatic carbocycles. The lowest BCUT2D eigenvalue weighted by atomic mass is 9.64. The molecule has 5 N–H and O–H groups in total. The number of hydrogen-bond acceptors (Lipinski definition) is 4. The van der Waals surface area contributed by atoms with Gasteiger partial charge in [0.1, 0.15) is 0 Å². The summed E-state index contributed by atoms with van der Waals surface area (Å²) in [7, 11) is 0. The first-order valence-electron chi connectivity index (χ1n) is 9.66. The van der Waals surface area contributed by atoms with E-state index in [1.165, 1.54) is 22.2 Å². The average Bonchev–Trinajstić information content (AvgIpc) is 3.01. The predicted octanol–water partition coefficient (Wildman–Crippen LogP) is 1.29. The van der Waals surface area contributed by atoms with Crippen molar-refractivity contribution in [1.29, 1.82) is 0 Å². The molecular formula is C20H26N4O2. The number of aromatic amines is 1. The number of nitrogens with two attached hydrogens (primary N) is 1. The molecule has 1 amide bonds. The van der Waals surface area contributed by atoms with Gasteiger partial charge in [0.15, 0.2) is 0 Å². The van der Waals surface area contributed by atoms with Crippen LogP contribution < -0.4 is 11.3 Å². The van der Waals surface area contributed by atoms with E-state index in [4.69, 9.17) is 5.84 Å². The fourth-order valence-corrected chi connectivity index (χ4v) is 5.76. The summed E-state index contributed by atoms with van der Waals surface area (Å²) < 4.78 is 0. The van der Waals surface area contributed by atoms with Crippen LogP contribution in [-0.4, -0.2) is 39.6 Å². The molecule has 1 saturated carbocycles. The number of carbonyl (C=O) groups excluding carboxylic acids is 1. The first-order chi connectivity index (χ1) is 12.7. The van der Waals surface area contributed by atoms with Gasteiger partial charge in [-0.05, 0) is 42.7 Å². The largest absolute Gasteiger partial charge is 0.392 e. The van der Waals surface area contributed by atoms with Gasteiger partial charge in [-0.15, -0.1) is 0 Å². The van der Waals surface area contributed by atoms with E-state index >= 15 is 0 Å². The van der Waals surface area contributed by atoms with Gasteiger partial charge in [-0.3, -0.25) is 15.1 Å². The van der Waals surface area contributed by atoms with Crippen LogP contribution in [0.5, 0.6) is 0 Å². The van der Waals surface area contributed by atoms with E-state index in [0.29, 0.717) is 18.4 Å². The topological polar surface area (TPSA) is 94.4 Å². The molecule has 0 radical (unpaired) electrons. The number of aliphatic hydroxyl groups excluding tert-OH is 1. The van der Waals surface area contributed by atoms with Gasteiger partial charge in [0, 0.05) is 42.1 Å². The minimum atomic E-state index is -0.571. The maximum Gasteiger partial charge on any atom is 0.239 e. The van der Waals surface area contributed by atoms with Gasteiger partial charge < -0.3 is 10.1 Å². The number of fused-ring (bicyclic) bond motifs is 5. The SMILES string of the molecule is NNC(=O)[C@@H]1[C@H]2C[C@H]3Cc4[nH]c5ccccc5c4CN3C[C@@H]2CC[C@@H]1O. The normalized spacial score (nSPS) is 34.0. The molecule has 2 aliphatic heterocycles. The second-order valence-corrected chi connectivity index (χ2v) is 8.25. The van der Waals surface area contributed by atoms with Crippen molar-refractivity contribution < 1.29 is 9.90 Å². The lowest BCUT2D eigenvalue weighted by Crippen LogP contribution is -2.57. The van der Waals surface area contributed by atoms with Crippen molar-refractivity contribution in [2.45, 2.75) is 44.4 Å². The highest BCUT2D eigenvalue weighted by atomic mass is 16.3. The van der Waals surface area contributed by atoms with Crippen molar-refractivity contribution >= 4 is 16.8 Å². The van der Waals surface area contributed by atoms with Crippen LogP contribution in [0.25, 0.3) is 10.9 Å². The lowest BCUT2D eigenvalue weighted by Gasteiger charge is -2.51. The van der Waals surface area contributed by atoms with Gasteiger partial charge in [0.2, 0.25) is 5.91 Å². The Balaban J connectivity index is 1.45. The molecule has 5 rings (SSSR count). The molecule has 5 atom stereocenters. The molecule has 1 saturated heterocycles. The number of nitrogens with one attached hydrogen (secondary N) is 2. The molecule has 2 aromatic rings. The van der Waals surface area contributed by atoms with Gasteiger partial charge in [-0.2, -0.15) is 0 Å². The maximum absolute atomic E-state index is 12.3. The predicted molar refractivity (Wildman–Crippen MR) is 98.9 cm³/mol. The van der Waals surface area contributed by atoms with E-state index < -0.39 is 6.10 Å². The number of benzene rings is 1. The standard InChI is InChI=1S/C20H26N4O2/c21-23-20(26)19-14-7-12-8-17-15(13-3-1-2-4-16(13)22-17)10-24(12)9-11(14)5-6-18(19)25/h1-4,11-12,14,18-19,22,25H,5-10,21H2,(H,23,26)/t11-,12-,14-,18-,19+/m0/s1. The Morgan fingerprint density at radius 1 is 1.31 bits per heavy atom. The third kappa shape index (κ3) is 2.40. The Kier molecular flexibility index (Phi) is 3.81. The van der Waals surface area contributed by atoms with Gasteiger partial charge in [0.25, 0.3) is 0 Å². The number of H-pyrrole nitrogens is 1. The van der Waals surface area contributed by atoms with Crippen LogP contribution in [0.2, 0.25) is 0 Å². The zero-order valence-corrected chi connectivity index (χ0v) is 14.8. The molecule has 0 unspecified atom stereocenters. The van der Waals surface area contributed by atoms with Crippen LogP contribution >= 0.6 is 0 Å². The number of carbonyl (C=O) groups is 1. The summed E-state index contributed by atoms with van der Waals surface area (Å²) in [6.07, 6.45) is 3.05. The lowest BCUT2D eigenvalue weighted by molar-refractivity contribution is -0.139. The fourth-order valence-electron chi connectivity index (χ4n) is 5.76. The number of aromatic nitrogens is 1. The van der Waals surface area contributed by atoms with Crippen molar-refractivity contribution in [2.75, 3.05) is 6.54 Å². The number of piperidine rings is 1. The fraction of sp³-hybridized carbons (Fsp3) is 0.550. The second-order valence-electron chi connectivity index (χ2n) is 8.25. The Morgan fingerprint density at radius 3 is 3.00 bits per heavy atom. The van der Waals surface area contributed by atoms with E-state index in [0.717, 1.165) is 32.4 Å². The monoisotopic (exact) mass is 354 g/mol. The molecule has 138 valence electrons. The Labute approximate surface area is 152 Å². The van der Waals surface area contributed by atoms with Crippen molar-refractivity contribution in [1.82, 2.24) is 15.3 Å². The van der Waals surface area contributed by atoms with E-state index in [-0.39, 0.29) is 17.7 Å². The smallest absolute Gasteiger partial charge is 0.239 e. The Bertz CT molecular complexity index is 847. The van der Waals surface area contributed by atoms with Gasteiger partial charge >= 0.3 is 0 Å². The van der Waals surface area contributed by atoms with Crippen LogP contribution in [0, 0.1) is 17.8 Å². The second kappa shape index (κ2) is 6.08. The molecule has 3 aliphatic rings. The summed E-state index contributed by atoms with van der Waals surface area (Å²) in [6, 6.07) is 8.95.